The number of benzene rings is 2. The van der Waals surface area contributed by atoms with Crippen LogP contribution in [0.25, 0.3) is 10.6 Å². The third-order valence-electron chi connectivity index (χ3n) is 4.25. The van der Waals surface area contributed by atoms with Crippen molar-refractivity contribution in [2.24, 2.45) is 0 Å². The van der Waals surface area contributed by atoms with E-state index in [1.54, 1.807) is 30.2 Å². The SMILES string of the molecule is COc1ccc(-c2nc(CC(=O)N3CCSc4ccccc43)cs2)cc1. The number of aromatic nitrogens is 1. The first-order valence-electron chi connectivity index (χ1n) is 8.35. The van der Waals surface area contributed by atoms with Crippen molar-refractivity contribution < 1.29 is 9.53 Å². The van der Waals surface area contributed by atoms with E-state index in [9.17, 15) is 4.79 Å². The van der Waals surface area contributed by atoms with Crippen molar-refractivity contribution >= 4 is 34.7 Å². The van der Waals surface area contributed by atoms with Gasteiger partial charge in [0.1, 0.15) is 10.8 Å². The van der Waals surface area contributed by atoms with Crippen molar-refractivity contribution in [3.8, 4) is 16.3 Å². The Morgan fingerprint density at radius 3 is 2.81 bits per heavy atom. The summed E-state index contributed by atoms with van der Waals surface area (Å²) in [6.45, 7) is 0.746. The van der Waals surface area contributed by atoms with Crippen LogP contribution < -0.4 is 9.64 Å². The lowest BCUT2D eigenvalue weighted by molar-refractivity contribution is -0.118. The van der Waals surface area contributed by atoms with Gasteiger partial charge in [0.2, 0.25) is 5.91 Å². The molecule has 0 spiro atoms. The largest absolute Gasteiger partial charge is 0.497 e. The minimum atomic E-state index is 0.101. The molecule has 4 nitrogen and oxygen atoms in total. The lowest BCUT2D eigenvalue weighted by Gasteiger charge is -2.28. The number of carbonyl (C=O) groups is 1. The topological polar surface area (TPSA) is 42.4 Å². The van der Waals surface area contributed by atoms with Crippen LogP contribution in [0.3, 0.4) is 0 Å². The maximum Gasteiger partial charge on any atom is 0.233 e. The highest BCUT2D eigenvalue weighted by Crippen LogP contribution is 2.34. The number of carbonyl (C=O) groups excluding carboxylic acids is 1. The number of fused-ring (bicyclic) bond motifs is 1. The molecule has 6 heteroatoms. The number of hydrogen-bond acceptors (Lipinski definition) is 5. The molecule has 26 heavy (non-hydrogen) atoms. The summed E-state index contributed by atoms with van der Waals surface area (Å²) in [6, 6.07) is 15.9. The Kier molecular flexibility index (Phi) is 4.95. The number of ether oxygens (including phenoxy) is 1. The number of rotatable bonds is 4. The van der Waals surface area contributed by atoms with E-state index in [2.05, 4.69) is 11.1 Å². The number of thioether (sulfide) groups is 1. The van der Waals surface area contributed by atoms with Crippen molar-refractivity contribution in [3.63, 3.8) is 0 Å². The predicted molar refractivity (Wildman–Crippen MR) is 107 cm³/mol. The first-order chi connectivity index (χ1) is 12.7. The second kappa shape index (κ2) is 7.51. The maximum absolute atomic E-state index is 12.8. The Hall–Kier alpha value is -2.31. The highest BCUT2D eigenvalue weighted by Gasteiger charge is 2.23. The van der Waals surface area contributed by atoms with Gasteiger partial charge < -0.3 is 9.64 Å². The second-order valence-electron chi connectivity index (χ2n) is 5.91. The van der Waals surface area contributed by atoms with Crippen molar-refractivity contribution in [2.45, 2.75) is 11.3 Å². The third kappa shape index (κ3) is 3.48. The van der Waals surface area contributed by atoms with Crippen molar-refractivity contribution in [2.75, 3.05) is 24.3 Å². The molecule has 2 aromatic carbocycles. The van der Waals surface area contributed by atoms with Crippen LogP contribution in [0.1, 0.15) is 5.69 Å². The smallest absolute Gasteiger partial charge is 0.233 e. The summed E-state index contributed by atoms with van der Waals surface area (Å²) in [5.41, 5.74) is 2.87. The predicted octanol–water partition coefficient (Wildman–Crippen LogP) is 4.50. The van der Waals surface area contributed by atoms with Crippen LogP contribution in [0.2, 0.25) is 0 Å². The first kappa shape index (κ1) is 17.1. The van der Waals surface area contributed by atoms with E-state index in [-0.39, 0.29) is 5.91 Å². The number of hydrogen-bond donors (Lipinski definition) is 0. The molecule has 0 saturated carbocycles. The molecular formula is C20H18N2O2S2. The molecule has 1 aliphatic heterocycles. The molecule has 1 amide bonds. The Morgan fingerprint density at radius 2 is 2.00 bits per heavy atom. The standard InChI is InChI=1S/C20H18N2O2S2/c1-24-16-8-6-14(7-9-16)20-21-15(13-26-20)12-19(23)22-10-11-25-18-5-3-2-4-17(18)22/h2-9,13H,10-12H2,1H3. The van der Waals surface area contributed by atoms with Gasteiger partial charge in [-0.3, -0.25) is 4.79 Å². The minimum absolute atomic E-state index is 0.101. The Morgan fingerprint density at radius 1 is 1.19 bits per heavy atom. The van der Waals surface area contributed by atoms with Crippen molar-refractivity contribution in [3.05, 3.63) is 59.6 Å². The quantitative estimate of drug-likeness (QED) is 0.666. The van der Waals surface area contributed by atoms with Crippen LogP contribution in [-0.2, 0) is 11.2 Å². The molecule has 2 heterocycles. The Labute approximate surface area is 160 Å². The summed E-state index contributed by atoms with van der Waals surface area (Å²) in [6.07, 6.45) is 0.325. The molecule has 0 N–H and O–H groups in total. The first-order valence-corrected chi connectivity index (χ1v) is 10.2. The van der Waals surface area contributed by atoms with E-state index < -0.39 is 0 Å². The van der Waals surface area contributed by atoms with Gasteiger partial charge in [-0.25, -0.2) is 4.98 Å². The van der Waals surface area contributed by atoms with E-state index >= 15 is 0 Å². The maximum atomic E-state index is 12.8. The fourth-order valence-corrected chi connectivity index (χ4v) is 4.75. The van der Waals surface area contributed by atoms with E-state index in [0.717, 1.165) is 40.0 Å². The number of anilines is 1. The van der Waals surface area contributed by atoms with Gasteiger partial charge in [-0.15, -0.1) is 23.1 Å². The normalized spacial score (nSPS) is 13.3. The number of amides is 1. The molecule has 0 radical (unpaired) electrons. The van der Waals surface area contributed by atoms with Gasteiger partial charge >= 0.3 is 0 Å². The molecule has 0 unspecified atom stereocenters. The molecule has 4 rings (SSSR count). The van der Waals surface area contributed by atoms with Crippen LogP contribution in [0, 0.1) is 0 Å². The minimum Gasteiger partial charge on any atom is -0.497 e. The number of para-hydroxylation sites is 1. The average Bonchev–Trinajstić information content (AvgIpc) is 3.16. The van der Waals surface area contributed by atoms with Gasteiger partial charge in [-0.1, -0.05) is 12.1 Å². The average molecular weight is 383 g/mol. The molecule has 0 saturated heterocycles. The summed E-state index contributed by atoms with van der Waals surface area (Å²) in [5, 5.41) is 2.90. The van der Waals surface area contributed by atoms with Gasteiger partial charge in [0.25, 0.3) is 0 Å². The lowest BCUT2D eigenvalue weighted by Crippen LogP contribution is -2.36. The molecule has 0 bridgehead atoms. The van der Waals surface area contributed by atoms with E-state index in [4.69, 9.17) is 4.74 Å². The highest BCUT2D eigenvalue weighted by atomic mass is 32.2. The summed E-state index contributed by atoms with van der Waals surface area (Å²) in [7, 11) is 1.65. The van der Waals surface area contributed by atoms with Gasteiger partial charge in [0.15, 0.2) is 0 Å². The molecule has 3 aromatic rings. The van der Waals surface area contributed by atoms with Gasteiger partial charge in [0, 0.05) is 28.1 Å². The molecule has 0 atom stereocenters. The number of methoxy groups -OCH3 is 1. The van der Waals surface area contributed by atoms with Crippen LogP contribution in [0.5, 0.6) is 5.75 Å². The van der Waals surface area contributed by atoms with E-state index in [1.165, 1.54) is 4.90 Å². The molecule has 132 valence electrons. The van der Waals surface area contributed by atoms with Crippen LogP contribution >= 0.6 is 23.1 Å². The molecular weight excluding hydrogens is 364 g/mol. The van der Waals surface area contributed by atoms with E-state index in [0.29, 0.717) is 6.42 Å². The Bertz CT molecular complexity index is 922. The van der Waals surface area contributed by atoms with Gasteiger partial charge in [0.05, 0.1) is 24.9 Å². The summed E-state index contributed by atoms with van der Waals surface area (Å²) < 4.78 is 5.19. The second-order valence-corrected chi connectivity index (χ2v) is 7.91. The zero-order valence-corrected chi connectivity index (χ0v) is 16.0. The molecule has 1 aliphatic rings. The van der Waals surface area contributed by atoms with Crippen molar-refractivity contribution in [1.82, 2.24) is 4.98 Å². The fraction of sp³-hybridized carbons (Fsp3) is 0.200. The van der Waals surface area contributed by atoms with Crippen LogP contribution in [0.4, 0.5) is 5.69 Å². The summed E-state index contributed by atoms with van der Waals surface area (Å²) >= 11 is 3.37. The third-order valence-corrected chi connectivity index (χ3v) is 6.23. The fourth-order valence-electron chi connectivity index (χ4n) is 2.93. The molecule has 0 fully saturated rings. The van der Waals surface area contributed by atoms with Crippen LogP contribution in [-0.4, -0.2) is 30.3 Å². The molecule has 0 aliphatic carbocycles. The Balaban J connectivity index is 1.50. The van der Waals surface area contributed by atoms with Crippen molar-refractivity contribution in [1.29, 1.82) is 0 Å². The number of thiazole rings is 1. The van der Waals surface area contributed by atoms with E-state index in [1.807, 2.05) is 52.7 Å². The zero-order chi connectivity index (χ0) is 17.9. The summed E-state index contributed by atoms with van der Waals surface area (Å²) in [4.78, 5) is 20.5. The zero-order valence-electron chi connectivity index (χ0n) is 14.3. The highest BCUT2D eigenvalue weighted by molar-refractivity contribution is 7.99. The monoisotopic (exact) mass is 382 g/mol. The van der Waals surface area contributed by atoms with Gasteiger partial charge in [-0.05, 0) is 36.4 Å². The molecule has 1 aromatic heterocycles. The lowest BCUT2D eigenvalue weighted by atomic mass is 10.2. The number of nitrogens with zero attached hydrogens (tertiary/aromatic N) is 2. The van der Waals surface area contributed by atoms with Crippen LogP contribution in [0.15, 0.2) is 58.8 Å². The van der Waals surface area contributed by atoms with Gasteiger partial charge in [-0.2, -0.15) is 0 Å². The summed E-state index contributed by atoms with van der Waals surface area (Å²) in [5.74, 6) is 1.85.